The number of rotatable bonds is 7. The van der Waals surface area contributed by atoms with Crippen molar-refractivity contribution in [1.29, 1.82) is 0 Å². The van der Waals surface area contributed by atoms with Gasteiger partial charge in [0.2, 0.25) is 5.91 Å². The number of hydrogen-bond acceptors (Lipinski definition) is 7. The van der Waals surface area contributed by atoms with Gasteiger partial charge in [-0.15, -0.1) is 0 Å². The lowest BCUT2D eigenvalue weighted by atomic mass is 10.0. The molecule has 0 spiro atoms. The third-order valence-electron chi connectivity index (χ3n) is 7.94. The van der Waals surface area contributed by atoms with Crippen molar-refractivity contribution in [3.05, 3.63) is 82.8 Å². The molecule has 2 aromatic carbocycles. The van der Waals surface area contributed by atoms with Crippen molar-refractivity contribution in [3.8, 4) is 22.7 Å². The molecule has 5 rings (SSSR count). The van der Waals surface area contributed by atoms with Gasteiger partial charge in [0.1, 0.15) is 23.1 Å². The van der Waals surface area contributed by atoms with E-state index in [4.69, 9.17) is 0 Å². The molecule has 0 aliphatic carbocycles. The number of nitrogens with zero attached hydrogens (tertiary/aromatic N) is 5. The van der Waals surface area contributed by atoms with E-state index in [1.54, 1.807) is 30.9 Å². The zero-order valence-corrected chi connectivity index (χ0v) is 26.6. The molecule has 3 heterocycles. The van der Waals surface area contributed by atoms with Gasteiger partial charge < -0.3 is 14.9 Å². The Morgan fingerprint density at radius 1 is 1.09 bits per heavy atom. The molecule has 4 aromatic rings. The lowest BCUT2D eigenvalue weighted by Gasteiger charge is -2.40. The fourth-order valence-corrected chi connectivity index (χ4v) is 6.83. The number of amides is 1. The number of para-hydroxylation sites is 1. The summed E-state index contributed by atoms with van der Waals surface area (Å²) < 4.78 is 45.9. The maximum atomic E-state index is 16.0. The molecule has 1 aliphatic heterocycles. The van der Waals surface area contributed by atoms with Crippen molar-refractivity contribution >= 4 is 33.6 Å². The number of aromatic nitrogens is 3. The van der Waals surface area contributed by atoms with Crippen LogP contribution in [0.1, 0.15) is 46.1 Å². The summed E-state index contributed by atoms with van der Waals surface area (Å²) in [6.45, 7) is 13.8. The first-order valence-electron chi connectivity index (χ1n) is 14.7. The van der Waals surface area contributed by atoms with Crippen LogP contribution in [0.15, 0.2) is 64.8 Å². The molecule has 2 aromatic heterocycles. The first-order chi connectivity index (χ1) is 21.3. The molecule has 45 heavy (non-hydrogen) atoms. The topological polar surface area (TPSA) is 109 Å². The molecule has 1 N–H and O–H groups in total. The van der Waals surface area contributed by atoms with E-state index in [9.17, 15) is 18.9 Å². The monoisotopic (exact) mass is 635 g/mol. The maximum Gasteiger partial charge on any atom is 0.355 e. The minimum atomic E-state index is -1.55. The fraction of sp³-hybridized carbons (Fsp3) is 0.333. The lowest BCUT2D eigenvalue weighted by Crippen LogP contribution is -2.54. The Kier molecular flexibility index (Phi) is 8.88. The van der Waals surface area contributed by atoms with E-state index in [0.29, 0.717) is 29.2 Å². The van der Waals surface area contributed by atoms with E-state index >= 15 is 8.78 Å². The van der Waals surface area contributed by atoms with Crippen LogP contribution >= 0.6 is 0 Å². The first-order valence-corrected chi connectivity index (χ1v) is 15.9. The van der Waals surface area contributed by atoms with Gasteiger partial charge in [-0.1, -0.05) is 52.5 Å². The van der Waals surface area contributed by atoms with Gasteiger partial charge in [-0.25, -0.2) is 23.1 Å². The summed E-state index contributed by atoms with van der Waals surface area (Å²) in [6, 6.07) is 9.66. The van der Waals surface area contributed by atoms with Gasteiger partial charge in [-0.3, -0.25) is 9.00 Å². The highest BCUT2D eigenvalue weighted by Gasteiger charge is 2.31. The van der Waals surface area contributed by atoms with E-state index in [2.05, 4.69) is 16.5 Å². The number of carbonyl (C=O) groups excluding carboxylic acids is 1. The van der Waals surface area contributed by atoms with Crippen LogP contribution in [0, 0.1) is 11.6 Å². The number of hydrogen-bond donors (Lipinski definition) is 1. The number of benzene rings is 2. The van der Waals surface area contributed by atoms with Gasteiger partial charge in [0.25, 0.3) is 0 Å². The molecule has 0 radical (unpaired) electrons. The number of phenolic OH excluding ortho intramolecular Hbond substituents is 1. The number of piperazine rings is 1. The van der Waals surface area contributed by atoms with Crippen molar-refractivity contribution in [2.45, 2.75) is 56.7 Å². The zero-order chi connectivity index (χ0) is 32.7. The quantitative estimate of drug-likeness (QED) is 0.275. The van der Waals surface area contributed by atoms with Crippen LogP contribution in [0.25, 0.3) is 28.0 Å². The Bertz CT molecular complexity index is 1890. The molecule has 1 fully saturated rings. The van der Waals surface area contributed by atoms with Gasteiger partial charge in [-0.05, 0) is 48.7 Å². The molecular formula is C33H35F2N5O4S. The van der Waals surface area contributed by atoms with E-state index in [0.717, 1.165) is 12.1 Å². The van der Waals surface area contributed by atoms with Gasteiger partial charge in [0.05, 0.1) is 32.3 Å². The van der Waals surface area contributed by atoms with Crippen LogP contribution in [-0.2, 0) is 15.6 Å². The standard InChI is InChI=1S/C33H35F2N5O4S/c1-7-27(42)38-14-15-39(20(6)17-38)31-22-16-24(35)29(28-23(34)11-9-12-25(28)41)36-32(22)40(33(43)37-31)30-21(18(2)3)10-8-13-26(30)45(44)19(4)5/h7-13,16,18-20,41H,1,14-15,17H2,2-6H3. The Hall–Kier alpha value is -4.45. The van der Waals surface area contributed by atoms with Crippen LogP contribution < -0.4 is 10.6 Å². The Morgan fingerprint density at radius 2 is 1.80 bits per heavy atom. The number of phenols is 1. The van der Waals surface area contributed by atoms with Crippen LogP contribution in [0.5, 0.6) is 5.75 Å². The molecule has 1 saturated heterocycles. The van der Waals surface area contributed by atoms with Gasteiger partial charge >= 0.3 is 5.69 Å². The molecule has 236 valence electrons. The second-order valence-corrected chi connectivity index (χ2v) is 13.6. The third kappa shape index (κ3) is 5.74. The molecule has 1 aliphatic rings. The maximum absolute atomic E-state index is 16.0. The molecule has 2 atom stereocenters. The summed E-state index contributed by atoms with van der Waals surface area (Å²) in [5.74, 6) is -2.57. The Morgan fingerprint density at radius 3 is 2.42 bits per heavy atom. The Balaban J connectivity index is 1.88. The second kappa shape index (κ2) is 12.5. The second-order valence-electron chi connectivity index (χ2n) is 11.6. The third-order valence-corrected chi connectivity index (χ3v) is 9.56. The Labute approximate surface area is 262 Å². The molecule has 9 nitrogen and oxygen atoms in total. The van der Waals surface area contributed by atoms with Crippen LogP contribution in [0.2, 0.25) is 0 Å². The smallest absolute Gasteiger partial charge is 0.355 e. The van der Waals surface area contributed by atoms with Crippen molar-refractivity contribution in [2.24, 2.45) is 0 Å². The van der Waals surface area contributed by atoms with Gasteiger partial charge in [0, 0.05) is 30.9 Å². The van der Waals surface area contributed by atoms with E-state index in [-0.39, 0.29) is 46.5 Å². The highest BCUT2D eigenvalue weighted by atomic mass is 32.2. The van der Waals surface area contributed by atoms with Crippen molar-refractivity contribution < 1.29 is 22.9 Å². The predicted octanol–water partition coefficient (Wildman–Crippen LogP) is 5.29. The van der Waals surface area contributed by atoms with Crippen LogP contribution in [0.4, 0.5) is 14.6 Å². The molecule has 0 bridgehead atoms. The zero-order valence-electron chi connectivity index (χ0n) is 25.8. The summed E-state index contributed by atoms with van der Waals surface area (Å²) in [6.07, 6.45) is 1.24. The number of halogens is 2. The summed E-state index contributed by atoms with van der Waals surface area (Å²) in [5.41, 5.74) is -0.756. The normalized spacial score (nSPS) is 16.1. The summed E-state index contributed by atoms with van der Waals surface area (Å²) >= 11 is 0. The number of pyridine rings is 1. The molecule has 12 heteroatoms. The van der Waals surface area contributed by atoms with E-state index in [1.165, 1.54) is 22.8 Å². The number of carbonyl (C=O) groups is 1. The van der Waals surface area contributed by atoms with Crippen molar-refractivity contribution in [3.63, 3.8) is 0 Å². The van der Waals surface area contributed by atoms with Crippen molar-refractivity contribution in [1.82, 2.24) is 19.4 Å². The fourth-order valence-electron chi connectivity index (χ4n) is 5.71. The number of anilines is 1. The summed E-state index contributed by atoms with van der Waals surface area (Å²) in [4.78, 5) is 39.3. The average Bonchev–Trinajstić information content (AvgIpc) is 3.00. The van der Waals surface area contributed by atoms with Gasteiger partial charge in [-0.2, -0.15) is 4.98 Å². The summed E-state index contributed by atoms with van der Waals surface area (Å²) in [7, 11) is -1.55. The van der Waals surface area contributed by atoms with E-state index < -0.39 is 45.1 Å². The molecule has 2 unspecified atom stereocenters. The number of aromatic hydroxyl groups is 1. The van der Waals surface area contributed by atoms with Gasteiger partial charge in [0.15, 0.2) is 11.5 Å². The van der Waals surface area contributed by atoms with Crippen LogP contribution in [-0.4, -0.2) is 65.6 Å². The highest BCUT2D eigenvalue weighted by Crippen LogP contribution is 2.37. The SMILES string of the molecule is C=CC(=O)N1CCN(c2nc(=O)n(-c3c(C(C)C)cccc3S(=O)C(C)C)c3nc(-c4c(O)cccc4F)c(F)cc23)C(C)C1. The van der Waals surface area contributed by atoms with E-state index in [1.807, 2.05) is 31.7 Å². The largest absolute Gasteiger partial charge is 0.507 e. The predicted molar refractivity (Wildman–Crippen MR) is 171 cm³/mol. The molecule has 1 amide bonds. The van der Waals surface area contributed by atoms with Crippen molar-refractivity contribution in [2.75, 3.05) is 24.5 Å². The lowest BCUT2D eigenvalue weighted by molar-refractivity contribution is -0.126. The minimum Gasteiger partial charge on any atom is -0.507 e. The molecular weight excluding hydrogens is 600 g/mol. The number of fused-ring (bicyclic) bond motifs is 1. The highest BCUT2D eigenvalue weighted by molar-refractivity contribution is 7.85. The molecule has 0 saturated carbocycles. The average molecular weight is 636 g/mol. The summed E-state index contributed by atoms with van der Waals surface area (Å²) in [5, 5.41) is 10.4. The van der Waals surface area contributed by atoms with Crippen LogP contribution in [0.3, 0.4) is 0 Å². The minimum absolute atomic E-state index is 0.0454. The first kappa shape index (κ1) is 32.0.